The number of nitrogens with one attached hydrogen (secondary N) is 1. The van der Waals surface area contributed by atoms with Crippen LogP contribution in [0.3, 0.4) is 0 Å². The Labute approximate surface area is 105 Å². The summed E-state index contributed by atoms with van der Waals surface area (Å²) in [5.41, 5.74) is 6.89. The van der Waals surface area contributed by atoms with E-state index in [0.717, 1.165) is 24.4 Å². The van der Waals surface area contributed by atoms with E-state index in [1.54, 1.807) is 0 Å². The molecule has 0 aromatic rings. The van der Waals surface area contributed by atoms with Gasteiger partial charge in [-0.15, -0.1) is 0 Å². The van der Waals surface area contributed by atoms with Gasteiger partial charge in [-0.2, -0.15) is 0 Å². The van der Waals surface area contributed by atoms with Gasteiger partial charge in [-0.05, 0) is 44.2 Å². The third-order valence-corrected chi connectivity index (χ3v) is 3.51. The SMILES string of the molecule is C=C/C(C)=C\N(C(=C)NC)C1CCC(CN)C1. The average molecular weight is 235 g/mol. The van der Waals surface area contributed by atoms with Crippen LogP contribution in [0.4, 0.5) is 0 Å². The molecule has 0 heterocycles. The van der Waals surface area contributed by atoms with E-state index in [9.17, 15) is 0 Å². The monoisotopic (exact) mass is 235 g/mol. The first-order valence-corrected chi connectivity index (χ1v) is 6.28. The van der Waals surface area contributed by atoms with Gasteiger partial charge >= 0.3 is 0 Å². The molecule has 0 aromatic heterocycles. The van der Waals surface area contributed by atoms with Crippen molar-refractivity contribution in [2.75, 3.05) is 13.6 Å². The summed E-state index contributed by atoms with van der Waals surface area (Å²) in [5.74, 6) is 1.60. The standard InChI is InChI=1S/C14H25N3/c1-5-11(2)10-17(12(3)16-4)14-7-6-13(8-14)9-15/h5,10,13-14,16H,1,3,6-9,15H2,2,4H3/b11-10-. The fourth-order valence-corrected chi connectivity index (χ4v) is 2.32. The first kappa shape index (κ1) is 13.8. The van der Waals surface area contributed by atoms with Crippen molar-refractivity contribution in [1.82, 2.24) is 10.2 Å². The Morgan fingerprint density at radius 2 is 2.24 bits per heavy atom. The number of allylic oxidation sites excluding steroid dienone is 2. The minimum Gasteiger partial charge on any atom is -0.375 e. The van der Waals surface area contributed by atoms with Crippen LogP contribution in [0.15, 0.2) is 36.8 Å². The Morgan fingerprint density at radius 3 is 2.71 bits per heavy atom. The van der Waals surface area contributed by atoms with Crippen LogP contribution in [0, 0.1) is 5.92 Å². The maximum Gasteiger partial charge on any atom is 0.0979 e. The lowest BCUT2D eigenvalue weighted by atomic mass is 10.1. The van der Waals surface area contributed by atoms with Crippen molar-refractivity contribution in [2.45, 2.75) is 32.2 Å². The van der Waals surface area contributed by atoms with Gasteiger partial charge in [-0.1, -0.05) is 19.2 Å². The van der Waals surface area contributed by atoms with Crippen molar-refractivity contribution in [1.29, 1.82) is 0 Å². The summed E-state index contributed by atoms with van der Waals surface area (Å²) in [6.45, 7) is 10.7. The minimum absolute atomic E-state index is 0.512. The van der Waals surface area contributed by atoms with Crippen molar-refractivity contribution < 1.29 is 0 Å². The van der Waals surface area contributed by atoms with E-state index in [4.69, 9.17) is 5.73 Å². The number of hydrogen-bond acceptors (Lipinski definition) is 3. The Morgan fingerprint density at radius 1 is 1.53 bits per heavy atom. The number of nitrogens with two attached hydrogens (primary N) is 1. The molecule has 0 amide bonds. The highest BCUT2D eigenvalue weighted by molar-refractivity contribution is 5.16. The Bertz CT molecular complexity index is 307. The van der Waals surface area contributed by atoms with Crippen LogP contribution < -0.4 is 11.1 Å². The molecule has 2 atom stereocenters. The van der Waals surface area contributed by atoms with Crippen molar-refractivity contribution in [3.8, 4) is 0 Å². The van der Waals surface area contributed by atoms with Crippen molar-refractivity contribution >= 4 is 0 Å². The molecular formula is C14H25N3. The van der Waals surface area contributed by atoms with Crippen LogP contribution in [0.2, 0.25) is 0 Å². The van der Waals surface area contributed by atoms with E-state index in [1.165, 1.54) is 12.8 Å². The molecule has 2 unspecified atom stereocenters. The first-order chi connectivity index (χ1) is 8.12. The summed E-state index contributed by atoms with van der Waals surface area (Å²) in [5, 5.41) is 3.13. The molecule has 3 nitrogen and oxygen atoms in total. The second-order valence-corrected chi connectivity index (χ2v) is 4.75. The molecule has 1 aliphatic carbocycles. The van der Waals surface area contributed by atoms with E-state index < -0.39 is 0 Å². The second-order valence-electron chi connectivity index (χ2n) is 4.75. The summed E-state index contributed by atoms with van der Waals surface area (Å²) in [6.07, 6.45) is 7.54. The summed E-state index contributed by atoms with van der Waals surface area (Å²) in [4.78, 5) is 2.23. The average Bonchev–Trinajstić information content (AvgIpc) is 2.83. The van der Waals surface area contributed by atoms with Gasteiger partial charge in [0.05, 0.1) is 5.82 Å². The summed E-state index contributed by atoms with van der Waals surface area (Å²) in [7, 11) is 1.90. The maximum atomic E-state index is 5.74. The predicted octanol–water partition coefficient (Wildman–Crippen LogP) is 2.20. The highest BCUT2D eigenvalue weighted by Crippen LogP contribution is 2.30. The maximum absolute atomic E-state index is 5.74. The third-order valence-electron chi connectivity index (χ3n) is 3.51. The molecule has 1 aliphatic rings. The van der Waals surface area contributed by atoms with Crippen LogP contribution in [0.1, 0.15) is 26.2 Å². The van der Waals surface area contributed by atoms with Crippen LogP contribution in [-0.2, 0) is 0 Å². The molecule has 0 aliphatic heterocycles. The van der Waals surface area contributed by atoms with Crippen LogP contribution in [0.25, 0.3) is 0 Å². The third kappa shape index (κ3) is 3.63. The highest BCUT2D eigenvalue weighted by atomic mass is 15.2. The zero-order valence-electron chi connectivity index (χ0n) is 11.1. The van der Waals surface area contributed by atoms with Gasteiger partial charge in [0.25, 0.3) is 0 Å². The van der Waals surface area contributed by atoms with Gasteiger partial charge in [0.1, 0.15) is 0 Å². The second kappa shape index (κ2) is 6.50. The summed E-state index contributed by atoms with van der Waals surface area (Å²) < 4.78 is 0. The minimum atomic E-state index is 0.512. The van der Waals surface area contributed by atoms with Crippen LogP contribution in [0.5, 0.6) is 0 Å². The molecule has 1 fully saturated rings. The van der Waals surface area contributed by atoms with Gasteiger partial charge in [-0.25, -0.2) is 0 Å². The Balaban J connectivity index is 2.77. The fraction of sp³-hybridized carbons (Fsp3) is 0.571. The van der Waals surface area contributed by atoms with Gasteiger partial charge in [0, 0.05) is 19.3 Å². The molecule has 3 heteroatoms. The normalized spacial score (nSPS) is 24.5. The number of nitrogens with zero attached hydrogens (tertiary/aromatic N) is 1. The van der Waals surface area contributed by atoms with E-state index in [1.807, 2.05) is 13.1 Å². The lowest BCUT2D eigenvalue weighted by Crippen LogP contribution is -2.33. The highest BCUT2D eigenvalue weighted by Gasteiger charge is 2.28. The predicted molar refractivity (Wildman–Crippen MR) is 74.2 cm³/mol. The molecule has 17 heavy (non-hydrogen) atoms. The van der Waals surface area contributed by atoms with E-state index in [2.05, 4.69) is 36.5 Å². The van der Waals surface area contributed by atoms with Gasteiger partial charge in [-0.3, -0.25) is 0 Å². The number of hydrogen-bond donors (Lipinski definition) is 2. The molecule has 1 saturated carbocycles. The molecule has 0 radical (unpaired) electrons. The summed E-state index contributed by atoms with van der Waals surface area (Å²) in [6, 6.07) is 0.512. The molecule has 0 aromatic carbocycles. The molecule has 3 N–H and O–H groups in total. The Kier molecular flexibility index (Phi) is 5.29. The number of rotatable bonds is 6. The van der Waals surface area contributed by atoms with Crippen molar-refractivity contribution in [2.24, 2.45) is 11.7 Å². The summed E-state index contributed by atoms with van der Waals surface area (Å²) >= 11 is 0. The molecule has 0 saturated heterocycles. The van der Waals surface area contributed by atoms with Crippen molar-refractivity contribution in [3.63, 3.8) is 0 Å². The first-order valence-electron chi connectivity index (χ1n) is 6.28. The largest absolute Gasteiger partial charge is 0.375 e. The van der Waals surface area contributed by atoms with E-state index in [-0.39, 0.29) is 0 Å². The zero-order valence-corrected chi connectivity index (χ0v) is 11.1. The molecule has 1 rings (SSSR count). The van der Waals surface area contributed by atoms with E-state index in [0.29, 0.717) is 12.0 Å². The van der Waals surface area contributed by atoms with Gasteiger partial charge in [0.15, 0.2) is 0 Å². The lowest BCUT2D eigenvalue weighted by molar-refractivity contribution is 0.318. The molecule has 96 valence electrons. The smallest absolute Gasteiger partial charge is 0.0979 e. The molecule has 0 bridgehead atoms. The Hall–Kier alpha value is -1.22. The van der Waals surface area contributed by atoms with Gasteiger partial charge in [0.2, 0.25) is 0 Å². The zero-order chi connectivity index (χ0) is 12.8. The van der Waals surface area contributed by atoms with E-state index >= 15 is 0 Å². The van der Waals surface area contributed by atoms with Crippen LogP contribution >= 0.6 is 0 Å². The van der Waals surface area contributed by atoms with Crippen molar-refractivity contribution in [3.05, 3.63) is 36.8 Å². The molecule has 0 spiro atoms. The lowest BCUT2D eigenvalue weighted by Gasteiger charge is -2.29. The van der Waals surface area contributed by atoms with Crippen LogP contribution in [-0.4, -0.2) is 24.5 Å². The van der Waals surface area contributed by atoms with Gasteiger partial charge < -0.3 is 16.0 Å². The molecular weight excluding hydrogens is 210 g/mol. The fourth-order valence-electron chi connectivity index (χ4n) is 2.32. The quantitative estimate of drug-likeness (QED) is 0.693. The topological polar surface area (TPSA) is 41.3 Å².